The number of nitriles is 2. The minimum absolute atomic E-state index is 0.372. The van der Waals surface area contributed by atoms with Gasteiger partial charge >= 0.3 is 6.03 Å². The molecule has 1 aliphatic carbocycles. The van der Waals surface area contributed by atoms with Crippen LogP contribution in [0.3, 0.4) is 0 Å². The van der Waals surface area contributed by atoms with Crippen molar-refractivity contribution < 1.29 is 4.79 Å². The van der Waals surface area contributed by atoms with Crippen molar-refractivity contribution in [3.8, 4) is 12.1 Å². The van der Waals surface area contributed by atoms with E-state index in [0.29, 0.717) is 24.1 Å². The molecule has 1 aliphatic rings. The molecule has 5 nitrogen and oxygen atoms in total. The monoisotopic (exact) mass is 282 g/mol. The summed E-state index contributed by atoms with van der Waals surface area (Å²) in [5.41, 5.74) is 0.388. The first-order valence-corrected chi connectivity index (χ1v) is 7.18. The zero-order valence-corrected chi connectivity index (χ0v) is 11.9. The molecule has 1 fully saturated rings. The molecule has 2 amide bonds. The first-order chi connectivity index (χ1) is 10.2. The predicted molar refractivity (Wildman–Crippen MR) is 79.4 cm³/mol. The Morgan fingerprint density at radius 2 is 1.67 bits per heavy atom. The van der Waals surface area contributed by atoms with Crippen molar-refractivity contribution in [3.05, 3.63) is 29.8 Å². The number of rotatable bonds is 2. The summed E-state index contributed by atoms with van der Waals surface area (Å²) in [5, 5.41) is 23.7. The van der Waals surface area contributed by atoms with Crippen LogP contribution in [0.4, 0.5) is 10.5 Å². The molecule has 0 aliphatic heterocycles. The van der Waals surface area contributed by atoms with E-state index < -0.39 is 5.54 Å². The van der Waals surface area contributed by atoms with Crippen LogP contribution in [0.25, 0.3) is 0 Å². The lowest BCUT2D eigenvalue weighted by Crippen LogP contribution is -2.48. The van der Waals surface area contributed by atoms with Gasteiger partial charge in [-0.25, -0.2) is 4.79 Å². The Kier molecular flexibility index (Phi) is 4.79. The van der Waals surface area contributed by atoms with Gasteiger partial charge in [-0.15, -0.1) is 0 Å². The molecule has 0 radical (unpaired) electrons. The van der Waals surface area contributed by atoms with Crippen LogP contribution in [0.5, 0.6) is 0 Å². The van der Waals surface area contributed by atoms with E-state index in [2.05, 4.69) is 16.7 Å². The fourth-order valence-electron chi connectivity index (χ4n) is 2.60. The van der Waals surface area contributed by atoms with E-state index in [1.54, 1.807) is 24.3 Å². The summed E-state index contributed by atoms with van der Waals surface area (Å²) in [6, 6.07) is 10.6. The third-order valence-electron chi connectivity index (χ3n) is 3.80. The molecule has 21 heavy (non-hydrogen) atoms. The number of carbonyl (C=O) groups is 1. The number of anilines is 1. The van der Waals surface area contributed by atoms with Crippen LogP contribution in [0.1, 0.15) is 44.1 Å². The van der Waals surface area contributed by atoms with E-state index >= 15 is 0 Å². The zero-order valence-electron chi connectivity index (χ0n) is 11.9. The van der Waals surface area contributed by atoms with Gasteiger partial charge < -0.3 is 10.6 Å². The number of urea groups is 1. The second kappa shape index (κ2) is 6.76. The van der Waals surface area contributed by atoms with Gasteiger partial charge in [-0.1, -0.05) is 25.7 Å². The first-order valence-electron chi connectivity index (χ1n) is 7.18. The van der Waals surface area contributed by atoms with Crippen LogP contribution in [0.2, 0.25) is 0 Å². The molecule has 0 aromatic heterocycles. The number of benzene rings is 1. The molecule has 0 spiro atoms. The molecule has 0 heterocycles. The molecular formula is C16H18N4O. The van der Waals surface area contributed by atoms with Crippen molar-refractivity contribution >= 4 is 11.7 Å². The highest BCUT2D eigenvalue weighted by Gasteiger charge is 2.32. The standard InChI is InChI=1S/C16H18N4O/c17-11-13-5-7-14(8-6-13)19-15(21)20-16(12-18)9-3-1-2-4-10-16/h5-8H,1-4,9-10H2,(H2,19,20,21). The van der Waals surface area contributed by atoms with E-state index in [1.165, 1.54) is 0 Å². The lowest BCUT2D eigenvalue weighted by Gasteiger charge is -2.26. The minimum atomic E-state index is -0.757. The van der Waals surface area contributed by atoms with Crippen molar-refractivity contribution in [1.82, 2.24) is 5.32 Å². The summed E-state index contributed by atoms with van der Waals surface area (Å²) in [6.45, 7) is 0. The van der Waals surface area contributed by atoms with Gasteiger partial charge in [0.25, 0.3) is 0 Å². The Labute approximate surface area is 124 Å². The second-order valence-corrected chi connectivity index (χ2v) is 5.38. The SMILES string of the molecule is N#Cc1ccc(NC(=O)NC2(C#N)CCCCCC2)cc1. The molecule has 1 saturated carbocycles. The molecule has 0 atom stereocenters. The van der Waals surface area contributed by atoms with Crippen LogP contribution < -0.4 is 10.6 Å². The maximum Gasteiger partial charge on any atom is 0.320 e. The van der Waals surface area contributed by atoms with Crippen LogP contribution in [0.15, 0.2) is 24.3 Å². The second-order valence-electron chi connectivity index (χ2n) is 5.38. The van der Waals surface area contributed by atoms with Gasteiger partial charge in [0.1, 0.15) is 5.54 Å². The van der Waals surface area contributed by atoms with Crippen molar-refractivity contribution in [3.63, 3.8) is 0 Å². The van der Waals surface area contributed by atoms with Crippen molar-refractivity contribution in [2.45, 2.75) is 44.1 Å². The van der Waals surface area contributed by atoms with E-state index in [1.807, 2.05) is 6.07 Å². The fraction of sp³-hybridized carbons (Fsp3) is 0.438. The average molecular weight is 282 g/mol. The van der Waals surface area contributed by atoms with Crippen molar-refractivity contribution in [2.24, 2.45) is 0 Å². The van der Waals surface area contributed by atoms with Gasteiger partial charge in [-0.2, -0.15) is 10.5 Å². The molecule has 2 N–H and O–H groups in total. The molecule has 108 valence electrons. The molecular weight excluding hydrogens is 264 g/mol. The normalized spacial score (nSPS) is 16.9. The minimum Gasteiger partial charge on any atom is -0.319 e. The number of carbonyl (C=O) groups excluding carboxylic acids is 1. The number of nitrogens with zero attached hydrogens (tertiary/aromatic N) is 2. The average Bonchev–Trinajstić information content (AvgIpc) is 2.74. The highest BCUT2D eigenvalue weighted by Crippen LogP contribution is 2.26. The van der Waals surface area contributed by atoms with Gasteiger partial charge in [0.05, 0.1) is 17.7 Å². The summed E-state index contributed by atoms with van der Waals surface area (Å²) < 4.78 is 0. The maximum atomic E-state index is 12.1. The van der Waals surface area contributed by atoms with E-state index in [4.69, 9.17) is 5.26 Å². The van der Waals surface area contributed by atoms with Gasteiger partial charge in [0, 0.05) is 5.69 Å². The number of nitrogens with one attached hydrogen (secondary N) is 2. The maximum absolute atomic E-state index is 12.1. The molecule has 0 bridgehead atoms. The Hall–Kier alpha value is -2.53. The summed E-state index contributed by atoms with van der Waals surface area (Å²) in [7, 11) is 0. The van der Waals surface area contributed by atoms with Gasteiger partial charge in [-0.3, -0.25) is 0 Å². The number of amides is 2. The molecule has 2 rings (SSSR count). The molecule has 5 heteroatoms. The third kappa shape index (κ3) is 3.97. The first kappa shape index (κ1) is 14.9. The van der Waals surface area contributed by atoms with Crippen LogP contribution >= 0.6 is 0 Å². The summed E-state index contributed by atoms with van der Waals surface area (Å²) in [6.07, 6.45) is 5.55. The quantitative estimate of drug-likeness (QED) is 0.816. The molecule has 1 aromatic carbocycles. The Morgan fingerprint density at radius 1 is 1.05 bits per heavy atom. The Balaban J connectivity index is 1.99. The lowest BCUT2D eigenvalue weighted by atomic mass is 9.92. The smallest absolute Gasteiger partial charge is 0.319 e. The van der Waals surface area contributed by atoms with Gasteiger partial charge in [0.2, 0.25) is 0 Å². The van der Waals surface area contributed by atoms with Gasteiger partial charge in [-0.05, 0) is 37.1 Å². The lowest BCUT2D eigenvalue weighted by molar-refractivity contribution is 0.240. The Bertz CT molecular complexity index is 572. The number of hydrogen-bond acceptors (Lipinski definition) is 3. The number of hydrogen-bond donors (Lipinski definition) is 2. The third-order valence-corrected chi connectivity index (χ3v) is 3.80. The van der Waals surface area contributed by atoms with Crippen LogP contribution in [-0.4, -0.2) is 11.6 Å². The van der Waals surface area contributed by atoms with Crippen LogP contribution in [-0.2, 0) is 0 Å². The van der Waals surface area contributed by atoms with Crippen molar-refractivity contribution in [2.75, 3.05) is 5.32 Å². The van der Waals surface area contributed by atoms with E-state index in [9.17, 15) is 10.1 Å². The summed E-state index contributed by atoms with van der Waals surface area (Å²) in [4.78, 5) is 12.1. The van der Waals surface area contributed by atoms with Crippen LogP contribution in [0, 0.1) is 22.7 Å². The van der Waals surface area contributed by atoms with Crippen molar-refractivity contribution in [1.29, 1.82) is 10.5 Å². The topological polar surface area (TPSA) is 88.7 Å². The molecule has 0 unspecified atom stereocenters. The van der Waals surface area contributed by atoms with E-state index in [0.717, 1.165) is 25.7 Å². The zero-order chi connectivity index (χ0) is 15.1. The summed E-state index contributed by atoms with van der Waals surface area (Å²) in [5.74, 6) is 0. The summed E-state index contributed by atoms with van der Waals surface area (Å²) >= 11 is 0. The highest BCUT2D eigenvalue weighted by molar-refractivity contribution is 5.90. The molecule has 1 aromatic rings. The largest absolute Gasteiger partial charge is 0.320 e. The van der Waals surface area contributed by atoms with Gasteiger partial charge in [0.15, 0.2) is 0 Å². The molecule has 0 saturated heterocycles. The Morgan fingerprint density at radius 3 is 2.19 bits per heavy atom. The van der Waals surface area contributed by atoms with E-state index in [-0.39, 0.29) is 6.03 Å². The predicted octanol–water partition coefficient (Wildman–Crippen LogP) is 3.30. The fourth-order valence-corrected chi connectivity index (χ4v) is 2.60. The highest BCUT2D eigenvalue weighted by atomic mass is 16.2.